The van der Waals surface area contributed by atoms with Gasteiger partial charge in [-0.3, -0.25) is 9.59 Å². The molecule has 1 heterocycles. The van der Waals surface area contributed by atoms with Crippen molar-refractivity contribution in [2.24, 2.45) is 0 Å². The first-order valence-corrected chi connectivity index (χ1v) is 6.64. The number of halogens is 1. The van der Waals surface area contributed by atoms with Crippen LogP contribution in [0.2, 0.25) is 0 Å². The van der Waals surface area contributed by atoms with Crippen LogP contribution in [-0.2, 0) is 4.79 Å². The van der Waals surface area contributed by atoms with Crippen molar-refractivity contribution < 1.29 is 14.0 Å². The summed E-state index contributed by atoms with van der Waals surface area (Å²) in [7, 11) is 0. The molecular formula is C15H19FN2O2. The topological polar surface area (TPSA) is 40.6 Å². The Kier molecular flexibility index (Phi) is 3.79. The first-order valence-electron chi connectivity index (χ1n) is 6.64. The summed E-state index contributed by atoms with van der Waals surface area (Å²) in [5, 5.41) is 0. The minimum Gasteiger partial charge on any atom is -0.335 e. The number of amides is 2. The average molecular weight is 278 g/mol. The van der Waals surface area contributed by atoms with Gasteiger partial charge in [-0.05, 0) is 39.0 Å². The summed E-state index contributed by atoms with van der Waals surface area (Å²) in [4.78, 5) is 27.6. The highest BCUT2D eigenvalue weighted by Crippen LogP contribution is 2.18. The molecule has 0 aliphatic carbocycles. The normalized spacial score (nSPS) is 16.5. The van der Waals surface area contributed by atoms with Crippen molar-refractivity contribution in [3.63, 3.8) is 0 Å². The zero-order chi connectivity index (χ0) is 14.9. The summed E-state index contributed by atoms with van der Waals surface area (Å²) in [5.74, 6) is -0.824. The lowest BCUT2D eigenvalue weighted by atomic mass is 10.0. The van der Waals surface area contributed by atoms with Crippen molar-refractivity contribution in [3.8, 4) is 0 Å². The van der Waals surface area contributed by atoms with E-state index < -0.39 is 5.82 Å². The highest BCUT2D eigenvalue weighted by Gasteiger charge is 2.33. The van der Waals surface area contributed by atoms with Gasteiger partial charge in [-0.25, -0.2) is 4.39 Å². The molecule has 0 bridgehead atoms. The van der Waals surface area contributed by atoms with Gasteiger partial charge in [0.1, 0.15) is 12.4 Å². The Morgan fingerprint density at radius 1 is 1.25 bits per heavy atom. The summed E-state index contributed by atoms with van der Waals surface area (Å²) in [6, 6.07) is 5.55. The molecule has 1 aromatic rings. The first-order chi connectivity index (χ1) is 9.29. The van der Waals surface area contributed by atoms with E-state index in [1.165, 1.54) is 23.1 Å². The Bertz CT molecular complexity index is 537. The molecule has 1 saturated heterocycles. The van der Waals surface area contributed by atoms with E-state index in [9.17, 15) is 14.0 Å². The number of nitrogens with zero attached hydrogens (tertiary/aromatic N) is 2. The van der Waals surface area contributed by atoms with Gasteiger partial charge < -0.3 is 9.80 Å². The van der Waals surface area contributed by atoms with Crippen molar-refractivity contribution in [2.45, 2.75) is 26.3 Å². The van der Waals surface area contributed by atoms with Crippen molar-refractivity contribution in [1.29, 1.82) is 0 Å². The third kappa shape index (κ3) is 2.98. The lowest BCUT2D eigenvalue weighted by molar-refractivity contribution is -0.140. The average Bonchev–Trinajstić information content (AvgIpc) is 2.36. The number of hydrogen-bond donors (Lipinski definition) is 0. The SMILES string of the molecule is CC(C)(C)N1CCN(C(=O)c2cccc(F)c2)CC1=O. The number of carbonyl (C=O) groups is 2. The van der Waals surface area contributed by atoms with E-state index in [1.807, 2.05) is 20.8 Å². The van der Waals surface area contributed by atoms with Gasteiger partial charge in [0.05, 0.1) is 0 Å². The zero-order valence-electron chi connectivity index (χ0n) is 12.0. The monoisotopic (exact) mass is 278 g/mol. The third-order valence-corrected chi connectivity index (χ3v) is 3.39. The molecule has 0 saturated carbocycles. The highest BCUT2D eigenvalue weighted by atomic mass is 19.1. The standard InChI is InChI=1S/C15H19FN2O2/c1-15(2,3)18-8-7-17(10-13(18)19)14(20)11-5-4-6-12(16)9-11/h4-6,9H,7-8,10H2,1-3H3. The van der Waals surface area contributed by atoms with Gasteiger partial charge in [0, 0.05) is 24.2 Å². The lowest BCUT2D eigenvalue weighted by Gasteiger charge is -2.42. The van der Waals surface area contributed by atoms with Crippen LogP contribution in [0.25, 0.3) is 0 Å². The van der Waals surface area contributed by atoms with Crippen LogP contribution >= 0.6 is 0 Å². The van der Waals surface area contributed by atoms with E-state index >= 15 is 0 Å². The van der Waals surface area contributed by atoms with E-state index in [0.29, 0.717) is 13.1 Å². The summed E-state index contributed by atoms with van der Waals surface area (Å²) < 4.78 is 13.1. The zero-order valence-corrected chi connectivity index (χ0v) is 12.0. The molecule has 2 amide bonds. The van der Waals surface area contributed by atoms with Crippen LogP contribution in [0, 0.1) is 5.82 Å². The fourth-order valence-corrected chi connectivity index (χ4v) is 2.36. The van der Waals surface area contributed by atoms with E-state index in [-0.39, 0.29) is 29.5 Å². The number of benzene rings is 1. The minimum absolute atomic E-state index is 0.0482. The summed E-state index contributed by atoms with van der Waals surface area (Å²) in [6.45, 7) is 6.92. The van der Waals surface area contributed by atoms with Crippen molar-refractivity contribution in [2.75, 3.05) is 19.6 Å². The molecule has 0 aromatic heterocycles. The Morgan fingerprint density at radius 2 is 1.95 bits per heavy atom. The summed E-state index contributed by atoms with van der Waals surface area (Å²) >= 11 is 0. The maximum Gasteiger partial charge on any atom is 0.254 e. The molecule has 0 N–H and O–H groups in total. The molecule has 0 atom stereocenters. The van der Waals surface area contributed by atoms with Crippen molar-refractivity contribution in [3.05, 3.63) is 35.6 Å². The van der Waals surface area contributed by atoms with Crippen molar-refractivity contribution in [1.82, 2.24) is 9.80 Å². The predicted molar refractivity (Wildman–Crippen MR) is 73.8 cm³/mol. The second-order valence-electron chi connectivity index (χ2n) is 5.95. The summed E-state index contributed by atoms with van der Waals surface area (Å²) in [5.41, 5.74) is 0.0347. The second-order valence-corrected chi connectivity index (χ2v) is 5.95. The van der Waals surface area contributed by atoms with Gasteiger partial charge in [-0.1, -0.05) is 6.07 Å². The van der Waals surface area contributed by atoms with E-state index in [1.54, 1.807) is 11.0 Å². The molecule has 0 radical (unpaired) electrons. The quantitative estimate of drug-likeness (QED) is 0.787. The number of piperazine rings is 1. The Morgan fingerprint density at radius 3 is 2.50 bits per heavy atom. The maximum atomic E-state index is 13.1. The van der Waals surface area contributed by atoms with E-state index in [4.69, 9.17) is 0 Å². The molecular weight excluding hydrogens is 259 g/mol. The summed E-state index contributed by atoms with van der Waals surface area (Å²) in [6.07, 6.45) is 0. The fourth-order valence-electron chi connectivity index (χ4n) is 2.36. The van der Waals surface area contributed by atoms with Crippen LogP contribution in [0.3, 0.4) is 0 Å². The minimum atomic E-state index is -0.449. The molecule has 0 spiro atoms. The number of rotatable bonds is 1. The molecule has 1 aliphatic heterocycles. The van der Waals surface area contributed by atoms with E-state index in [2.05, 4.69) is 0 Å². The Hall–Kier alpha value is -1.91. The Balaban J connectivity index is 2.10. The smallest absolute Gasteiger partial charge is 0.254 e. The van der Waals surface area contributed by atoms with Gasteiger partial charge in [0.15, 0.2) is 0 Å². The third-order valence-electron chi connectivity index (χ3n) is 3.39. The van der Waals surface area contributed by atoms with Crippen LogP contribution < -0.4 is 0 Å². The molecule has 2 rings (SSSR count). The maximum absolute atomic E-state index is 13.1. The van der Waals surface area contributed by atoms with Gasteiger partial charge in [-0.2, -0.15) is 0 Å². The predicted octanol–water partition coefficient (Wildman–Crippen LogP) is 1.91. The molecule has 20 heavy (non-hydrogen) atoms. The molecule has 108 valence electrons. The van der Waals surface area contributed by atoms with E-state index in [0.717, 1.165) is 0 Å². The molecule has 5 heteroatoms. The molecule has 0 unspecified atom stereocenters. The Labute approximate surface area is 118 Å². The largest absolute Gasteiger partial charge is 0.335 e. The van der Waals surface area contributed by atoms with Crippen molar-refractivity contribution >= 4 is 11.8 Å². The molecule has 1 aliphatic rings. The van der Waals surface area contributed by atoms with Crippen LogP contribution in [0.4, 0.5) is 4.39 Å². The lowest BCUT2D eigenvalue weighted by Crippen LogP contribution is -2.58. The second kappa shape index (κ2) is 5.23. The van der Waals surface area contributed by atoms with Gasteiger partial charge in [0.2, 0.25) is 5.91 Å². The molecule has 1 aromatic carbocycles. The van der Waals surface area contributed by atoms with Crippen LogP contribution in [0.1, 0.15) is 31.1 Å². The highest BCUT2D eigenvalue weighted by molar-refractivity contribution is 5.97. The number of hydrogen-bond acceptors (Lipinski definition) is 2. The van der Waals surface area contributed by atoms with Gasteiger partial charge >= 0.3 is 0 Å². The van der Waals surface area contributed by atoms with Gasteiger partial charge in [0.25, 0.3) is 5.91 Å². The molecule has 4 nitrogen and oxygen atoms in total. The fraction of sp³-hybridized carbons (Fsp3) is 0.467. The van der Waals surface area contributed by atoms with Crippen LogP contribution in [-0.4, -0.2) is 46.8 Å². The first kappa shape index (κ1) is 14.5. The van der Waals surface area contributed by atoms with Crippen LogP contribution in [0.5, 0.6) is 0 Å². The van der Waals surface area contributed by atoms with Crippen LogP contribution in [0.15, 0.2) is 24.3 Å². The molecule has 1 fully saturated rings. The number of carbonyl (C=O) groups excluding carboxylic acids is 2. The van der Waals surface area contributed by atoms with Gasteiger partial charge in [-0.15, -0.1) is 0 Å².